The molecule has 1 aliphatic rings. The number of benzene rings is 1. The fraction of sp³-hybridized carbons (Fsp3) is 0.421. The molecule has 1 aromatic carbocycles. The maximum absolute atomic E-state index is 10.9. The minimum absolute atomic E-state index is 0.517. The molecule has 2 aromatic rings. The Balaban J connectivity index is 1.88. The number of aromatic nitrogens is 2. The number of piperazine rings is 1. The fourth-order valence-electron chi connectivity index (χ4n) is 2.78. The summed E-state index contributed by atoms with van der Waals surface area (Å²) in [6, 6.07) is 12.2. The molecule has 0 bridgehead atoms. The van der Waals surface area contributed by atoms with Crippen LogP contribution in [0.1, 0.15) is 13.8 Å². The van der Waals surface area contributed by atoms with Crippen molar-refractivity contribution in [3.8, 4) is 11.3 Å². The average molecular weight is 339 g/mol. The highest BCUT2D eigenvalue weighted by Gasteiger charge is 2.18. The first-order valence-corrected chi connectivity index (χ1v) is 8.78. The summed E-state index contributed by atoms with van der Waals surface area (Å²) in [6.45, 7) is 8.17. The Morgan fingerprint density at radius 2 is 1.84 bits per heavy atom. The summed E-state index contributed by atoms with van der Waals surface area (Å²) in [5, 5.41) is 3.34. The maximum Gasteiger partial charge on any atom is 0.225 e. The van der Waals surface area contributed by atoms with Gasteiger partial charge in [-0.2, -0.15) is 4.98 Å². The highest BCUT2D eigenvalue weighted by Crippen LogP contribution is 2.24. The van der Waals surface area contributed by atoms with Crippen LogP contribution in [0.15, 0.2) is 36.4 Å². The van der Waals surface area contributed by atoms with Gasteiger partial charge in [-0.05, 0) is 5.92 Å². The van der Waals surface area contributed by atoms with Crippen molar-refractivity contribution in [1.29, 1.82) is 0 Å². The second-order valence-corrected chi connectivity index (χ2v) is 6.70. The van der Waals surface area contributed by atoms with E-state index in [1.54, 1.807) is 4.90 Å². The summed E-state index contributed by atoms with van der Waals surface area (Å²) in [5.74, 6) is 2.08. The number of rotatable bonds is 6. The lowest BCUT2D eigenvalue weighted by atomic mass is 10.1. The van der Waals surface area contributed by atoms with E-state index in [1.165, 1.54) is 0 Å². The molecule has 25 heavy (non-hydrogen) atoms. The van der Waals surface area contributed by atoms with Gasteiger partial charge < -0.3 is 15.1 Å². The van der Waals surface area contributed by atoms with E-state index in [4.69, 9.17) is 4.98 Å². The molecule has 6 heteroatoms. The van der Waals surface area contributed by atoms with Crippen LogP contribution in [0.3, 0.4) is 0 Å². The SMILES string of the molecule is CC(C)CNc1nc(-c2ccccc2)cc(N2CCN(C=O)CC2)n1. The van der Waals surface area contributed by atoms with Crippen LogP contribution in [-0.4, -0.2) is 54.0 Å². The van der Waals surface area contributed by atoms with E-state index in [1.807, 2.05) is 24.3 Å². The zero-order valence-electron chi connectivity index (χ0n) is 14.9. The van der Waals surface area contributed by atoms with Crippen molar-refractivity contribution in [2.75, 3.05) is 42.9 Å². The third-order valence-corrected chi connectivity index (χ3v) is 4.24. The standard InChI is InChI=1S/C19H25N5O/c1-15(2)13-20-19-21-17(16-6-4-3-5-7-16)12-18(22-19)24-10-8-23(14-25)9-11-24/h3-7,12,14-15H,8-11,13H2,1-2H3,(H,20,21,22). The predicted octanol–water partition coefficient (Wildman–Crippen LogP) is 2.49. The van der Waals surface area contributed by atoms with Crippen LogP contribution in [0.25, 0.3) is 11.3 Å². The first-order chi connectivity index (χ1) is 12.2. The van der Waals surface area contributed by atoms with Crippen molar-refractivity contribution in [1.82, 2.24) is 14.9 Å². The number of carbonyl (C=O) groups excluding carboxylic acids is 1. The number of amides is 1. The van der Waals surface area contributed by atoms with Gasteiger partial charge in [0.15, 0.2) is 0 Å². The van der Waals surface area contributed by atoms with Gasteiger partial charge in [-0.3, -0.25) is 4.79 Å². The van der Waals surface area contributed by atoms with E-state index < -0.39 is 0 Å². The molecule has 0 atom stereocenters. The average Bonchev–Trinajstić information content (AvgIpc) is 2.67. The quantitative estimate of drug-likeness (QED) is 0.819. The second-order valence-electron chi connectivity index (χ2n) is 6.70. The molecule has 0 saturated carbocycles. The second kappa shape index (κ2) is 7.96. The maximum atomic E-state index is 10.9. The highest BCUT2D eigenvalue weighted by atomic mass is 16.1. The molecular weight excluding hydrogens is 314 g/mol. The van der Waals surface area contributed by atoms with Gasteiger partial charge in [0.25, 0.3) is 0 Å². The summed E-state index contributed by atoms with van der Waals surface area (Å²) in [5.41, 5.74) is 1.99. The fourth-order valence-corrected chi connectivity index (χ4v) is 2.78. The smallest absolute Gasteiger partial charge is 0.225 e. The van der Waals surface area contributed by atoms with Crippen molar-refractivity contribution >= 4 is 18.2 Å². The molecule has 0 unspecified atom stereocenters. The molecule has 132 valence electrons. The molecule has 0 spiro atoms. The zero-order valence-corrected chi connectivity index (χ0v) is 14.9. The van der Waals surface area contributed by atoms with Crippen molar-refractivity contribution < 1.29 is 4.79 Å². The zero-order chi connectivity index (χ0) is 17.6. The van der Waals surface area contributed by atoms with Crippen LogP contribution in [0.2, 0.25) is 0 Å². The van der Waals surface area contributed by atoms with Crippen LogP contribution < -0.4 is 10.2 Å². The molecular formula is C19H25N5O. The van der Waals surface area contributed by atoms with Gasteiger partial charge in [-0.1, -0.05) is 44.2 Å². The van der Waals surface area contributed by atoms with Crippen LogP contribution in [0.5, 0.6) is 0 Å². The number of nitrogens with one attached hydrogen (secondary N) is 1. The molecule has 1 saturated heterocycles. The molecule has 1 amide bonds. The Labute approximate surface area is 148 Å². The minimum Gasteiger partial charge on any atom is -0.354 e. The third-order valence-electron chi connectivity index (χ3n) is 4.24. The molecule has 1 fully saturated rings. The molecule has 1 aromatic heterocycles. The lowest BCUT2D eigenvalue weighted by Gasteiger charge is -2.33. The molecule has 3 rings (SSSR count). The van der Waals surface area contributed by atoms with Crippen LogP contribution >= 0.6 is 0 Å². The van der Waals surface area contributed by atoms with E-state index in [0.29, 0.717) is 11.9 Å². The molecule has 6 nitrogen and oxygen atoms in total. The lowest BCUT2D eigenvalue weighted by Crippen LogP contribution is -2.46. The van der Waals surface area contributed by atoms with Gasteiger partial charge in [-0.15, -0.1) is 0 Å². The van der Waals surface area contributed by atoms with Gasteiger partial charge in [0.1, 0.15) is 5.82 Å². The Bertz CT molecular complexity index is 696. The first kappa shape index (κ1) is 17.2. The van der Waals surface area contributed by atoms with Crippen molar-refractivity contribution in [2.24, 2.45) is 5.92 Å². The highest BCUT2D eigenvalue weighted by molar-refractivity contribution is 5.65. The summed E-state index contributed by atoms with van der Waals surface area (Å²) in [6.07, 6.45) is 0.919. The lowest BCUT2D eigenvalue weighted by molar-refractivity contribution is -0.118. The third kappa shape index (κ3) is 4.47. The normalized spacial score (nSPS) is 14.7. The van der Waals surface area contributed by atoms with E-state index in [9.17, 15) is 4.79 Å². The van der Waals surface area contributed by atoms with Gasteiger partial charge in [0.2, 0.25) is 12.4 Å². The van der Waals surface area contributed by atoms with E-state index in [-0.39, 0.29) is 0 Å². The molecule has 1 aliphatic heterocycles. The van der Waals surface area contributed by atoms with Crippen molar-refractivity contribution in [3.63, 3.8) is 0 Å². The Kier molecular flexibility index (Phi) is 5.48. The summed E-state index contributed by atoms with van der Waals surface area (Å²) in [4.78, 5) is 24.3. The summed E-state index contributed by atoms with van der Waals surface area (Å²) < 4.78 is 0. The van der Waals surface area contributed by atoms with Gasteiger partial charge in [0.05, 0.1) is 5.69 Å². The Hall–Kier alpha value is -2.63. The first-order valence-electron chi connectivity index (χ1n) is 8.78. The number of hydrogen-bond acceptors (Lipinski definition) is 5. The van der Waals surface area contributed by atoms with E-state index in [0.717, 1.165) is 56.2 Å². The van der Waals surface area contributed by atoms with Gasteiger partial charge >= 0.3 is 0 Å². The molecule has 0 aliphatic carbocycles. The van der Waals surface area contributed by atoms with Crippen LogP contribution in [-0.2, 0) is 4.79 Å². The molecule has 1 N–H and O–H groups in total. The van der Waals surface area contributed by atoms with Crippen LogP contribution in [0.4, 0.5) is 11.8 Å². The topological polar surface area (TPSA) is 61.4 Å². The minimum atomic E-state index is 0.517. The Morgan fingerprint density at radius 1 is 1.12 bits per heavy atom. The summed E-state index contributed by atoms with van der Waals surface area (Å²) in [7, 11) is 0. The number of carbonyl (C=O) groups is 1. The molecule has 2 heterocycles. The Morgan fingerprint density at radius 3 is 2.48 bits per heavy atom. The largest absolute Gasteiger partial charge is 0.354 e. The van der Waals surface area contributed by atoms with Crippen molar-refractivity contribution in [2.45, 2.75) is 13.8 Å². The van der Waals surface area contributed by atoms with Crippen molar-refractivity contribution in [3.05, 3.63) is 36.4 Å². The van der Waals surface area contributed by atoms with Gasteiger partial charge in [-0.25, -0.2) is 4.98 Å². The number of hydrogen-bond donors (Lipinski definition) is 1. The van der Waals surface area contributed by atoms with Gasteiger partial charge in [0, 0.05) is 44.4 Å². The number of nitrogens with zero attached hydrogens (tertiary/aromatic N) is 4. The van der Waals surface area contributed by atoms with Crippen LogP contribution in [0, 0.1) is 5.92 Å². The monoisotopic (exact) mass is 339 g/mol. The number of anilines is 2. The predicted molar refractivity (Wildman–Crippen MR) is 101 cm³/mol. The van der Waals surface area contributed by atoms with E-state index >= 15 is 0 Å². The molecule has 0 radical (unpaired) electrons. The summed E-state index contributed by atoms with van der Waals surface area (Å²) >= 11 is 0. The van der Waals surface area contributed by atoms with E-state index in [2.05, 4.69) is 41.2 Å².